The summed E-state index contributed by atoms with van der Waals surface area (Å²) in [5.74, 6) is 0.470. The van der Waals surface area contributed by atoms with Gasteiger partial charge in [0.25, 0.3) is 0 Å². The predicted octanol–water partition coefficient (Wildman–Crippen LogP) is 5.77. The molecular formula is C30H32O4. The number of rotatable bonds is 5. The lowest BCUT2D eigenvalue weighted by molar-refractivity contribution is -0.145. The van der Waals surface area contributed by atoms with Gasteiger partial charge in [0.15, 0.2) is 0 Å². The molecule has 0 bridgehead atoms. The van der Waals surface area contributed by atoms with E-state index in [0.717, 1.165) is 30.4 Å². The molecule has 3 aliphatic rings. The monoisotopic (exact) mass is 456 g/mol. The predicted molar refractivity (Wildman–Crippen MR) is 133 cm³/mol. The first-order valence-electron chi connectivity index (χ1n) is 11.9. The fraction of sp³-hybridized carbons (Fsp3) is 0.333. The van der Waals surface area contributed by atoms with Crippen LogP contribution >= 0.6 is 0 Å². The first-order valence-corrected chi connectivity index (χ1v) is 11.9. The third-order valence-corrected chi connectivity index (χ3v) is 7.26. The molecule has 0 aromatic heterocycles. The van der Waals surface area contributed by atoms with E-state index in [-0.39, 0.29) is 29.2 Å². The van der Waals surface area contributed by atoms with E-state index >= 15 is 0 Å². The van der Waals surface area contributed by atoms with Gasteiger partial charge in [0.1, 0.15) is 0 Å². The fourth-order valence-corrected chi connectivity index (χ4v) is 5.60. The van der Waals surface area contributed by atoms with E-state index in [1.165, 1.54) is 14.2 Å². The summed E-state index contributed by atoms with van der Waals surface area (Å²) in [7, 11) is 2.93. The zero-order valence-electron chi connectivity index (χ0n) is 19.8. The second-order valence-electron chi connectivity index (χ2n) is 8.96. The van der Waals surface area contributed by atoms with Crippen molar-refractivity contribution in [3.63, 3.8) is 0 Å². The molecule has 0 radical (unpaired) electrons. The van der Waals surface area contributed by atoms with Crippen molar-refractivity contribution in [2.45, 2.75) is 30.6 Å². The molecule has 0 N–H and O–H groups in total. The Morgan fingerprint density at radius 1 is 0.794 bits per heavy atom. The number of carbonyl (C=O) groups excluding carboxylic acids is 2. The third-order valence-electron chi connectivity index (χ3n) is 7.26. The standard InChI is InChI=1S/2C15H16O2/c1-17-14(16)15(11-7-3-2-4-8-11)12-9-5-6-10-13(12)15;1-17-15(16)14(12-8-4-2-5-9-12)13-10-6-3-7-11-13/h2-8,12-13H,9-10H2,1H3;2,4-11,13-14H,3H2,1H3. The molecule has 1 fully saturated rings. The van der Waals surface area contributed by atoms with E-state index < -0.39 is 0 Å². The topological polar surface area (TPSA) is 52.6 Å². The summed E-state index contributed by atoms with van der Waals surface area (Å²) in [6.45, 7) is 0. The van der Waals surface area contributed by atoms with Gasteiger partial charge < -0.3 is 9.47 Å². The molecule has 0 spiro atoms. The molecule has 0 heterocycles. The van der Waals surface area contributed by atoms with Gasteiger partial charge in [0, 0.05) is 5.92 Å². The summed E-state index contributed by atoms with van der Waals surface area (Å²) in [4.78, 5) is 24.1. The summed E-state index contributed by atoms with van der Waals surface area (Å²) >= 11 is 0. The molecule has 34 heavy (non-hydrogen) atoms. The van der Waals surface area contributed by atoms with E-state index in [1.807, 2.05) is 48.5 Å². The largest absolute Gasteiger partial charge is 0.469 e. The number of hydrogen-bond donors (Lipinski definition) is 0. The Kier molecular flexibility index (Phi) is 7.46. The van der Waals surface area contributed by atoms with Gasteiger partial charge in [-0.3, -0.25) is 9.59 Å². The summed E-state index contributed by atoms with van der Waals surface area (Å²) in [6, 6.07) is 19.9. The average molecular weight is 457 g/mol. The molecule has 3 unspecified atom stereocenters. The maximum absolute atomic E-state index is 12.2. The number of ether oxygens (including phenoxy) is 2. The summed E-state index contributed by atoms with van der Waals surface area (Å²) in [5, 5.41) is 0. The third kappa shape index (κ3) is 4.50. The number of hydrogen-bond acceptors (Lipinski definition) is 4. The van der Waals surface area contributed by atoms with Gasteiger partial charge >= 0.3 is 11.9 Å². The van der Waals surface area contributed by atoms with Crippen molar-refractivity contribution < 1.29 is 19.1 Å². The van der Waals surface area contributed by atoms with Crippen LogP contribution < -0.4 is 0 Å². The van der Waals surface area contributed by atoms with Gasteiger partial charge in [-0.25, -0.2) is 0 Å². The second kappa shape index (κ2) is 10.7. The van der Waals surface area contributed by atoms with E-state index in [2.05, 4.69) is 48.6 Å². The van der Waals surface area contributed by atoms with Crippen LogP contribution in [0.2, 0.25) is 0 Å². The molecule has 2 aromatic rings. The van der Waals surface area contributed by atoms with Gasteiger partial charge in [-0.05, 0) is 42.2 Å². The van der Waals surface area contributed by atoms with Crippen LogP contribution in [0.3, 0.4) is 0 Å². The minimum absolute atomic E-state index is 0.0672. The van der Waals surface area contributed by atoms with Crippen LogP contribution in [0, 0.1) is 17.8 Å². The Bertz CT molecular complexity index is 1040. The molecule has 4 nitrogen and oxygen atoms in total. The molecule has 0 amide bonds. The lowest BCUT2D eigenvalue weighted by Crippen LogP contribution is -2.26. The van der Waals surface area contributed by atoms with Gasteiger partial charge in [-0.2, -0.15) is 0 Å². The molecule has 3 atom stereocenters. The number of esters is 2. The summed E-state index contributed by atoms with van der Waals surface area (Å²) in [5.41, 5.74) is 1.74. The van der Waals surface area contributed by atoms with E-state index in [4.69, 9.17) is 9.47 Å². The first-order chi connectivity index (χ1) is 16.6. The molecule has 5 rings (SSSR count). The van der Waals surface area contributed by atoms with Crippen molar-refractivity contribution >= 4 is 11.9 Å². The van der Waals surface area contributed by atoms with Crippen molar-refractivity contribution in [1.29, 1.82) is 0 Å². The van der Waals surface area contributed by atoms with Crippen LogP contribution in [0.15, 0.2) is 97.1 Å². The van der Waals surface area contributed by atoms with Crippen molar-refractivity contribution in [2.75, 3.05) is 14.2 Å². The van der Waals surface area contributed by atoms with Gasteiger partial charge in [0.05, 0.1) is 25.6 Å². The van der Waals surface area contributed by atoms with Crippen LogP contribution in [-0.2, 0) is 24.5 Å². The SMILES string of the molecule is COC(=O)C(c1ccccc1)C1C=CCC=C1.COC(=O)C1(c2ccccc2)C2CC=CCC21. The van der Waals surface area contributed by atoms with Crippen LogP contribution in [-0.4, -0.2) is 26.2 Å². The van der Waals surface area contributed by atoms with E-state index in [0.29, 0.717) is 11.8 Å². The Morgan fingerprint density at radius 2 is 1.35 bits per heavy atom. The number of carbonyl (C=O) groups is 2. The highest BCUT2D eigenvalue weighted by Crippen LogP contribution is 2.65. The van der Waals surface area contributed by atoms with Crippen LogP contribution in [0.5, 0.6) is 0 Å². The Morgan fingerprint density at radius 3 is 1.88 bits per heavy atom. The van der Waals surface area contributed by atoms with Gasteiger partial charge in [-0.15, -0.1) is 0 Å². The molecule has 4 heteroatoms. The van der Waals surface area contributed by atoms with Crippen molar-refractivity contribution in [2.24, 2.45) is 17.8 Å². The average Bonchev–Trinajstić information content (AvgIpc) is 3.60. The molecular weight excluding hydrogens is 424 g/mol. The minimum atomic E-state index is -0.375. The molecule has 0 aliphatic heterocycles. The fourth-order valence-electron chi connectivity index (χ4n) is 5.60. The Hall–Kier alpha value is -3.40. The maximum Gasteiger partial charge on any atom is 0.316 e. The second-order valence-corrected chi connectivity index (χ2v) is 8.96. The highest BCUT2D eigenvalue weighted by atomic mass is 16.5. The number of methoxy groups -OCH3 is 2. The minimum Gasteiger partial charge on any atom is -0.469 e. The quantitative estimate of drug-likeness (QED) is 0.423. The number of allylic oxidation sites excluding steroid dienone is 6. The van der Waals surface area contributed by atoms with Crippen LogP contribution in [0.25, 0.3) is 0 Å². The molecule has 1 saturated carbocycles. The van der Waals surface area contributed by atoms with Crippen molar-refractivity contribution in [3.05, 3.63) is 108 Å². The zero-order chi connectivity index (χ0) is 24.0. The number of fused-ring (bicyclic) bond motifs is 1. The van der Waals surface area contributed by atoms with Crippen LogP contribution in [0.4, 0.5) is 0 Å². The van der Waals surface area contributed by atoms with Crippen molar-refractivity contribution in [3.8, 4) is 0 Å². The molecule has 3 aliphatic carbocycles. The normalized spacial score (nSPS) is 25.4. The van der Waals surface area contributed by atoms with Crippen LogP contribution in [0.1, 0.15) is 36.3 Å². The molecule has 176 valence electrons. The summed E-state index contributed by atoms with van der Waals surface area (Å²) < 4.78 is 9.97. The van der Waals surface area contributed by atoms with Crippen molar-refractivity contribution in [1.82, 2.24) is 0 Å². The molecule has 0 saturated heterocycles. The Balaban J connectivity index is 0.000000161. The highest BCUT2D eigenvalue weighted by Gasteiger charge is 2.70. The molecule has 2 aromatic carbocycles. The summed E-state index contributed by atoms with van der Waals surface area (Å²) in [6.07, 6.45) is 15.6. The zero-order valence-corrected chi connectivity index (χ0v) is 19.8. The van der Waals surface area contributed by atoms with E-state index in [1.54, 1.807) is 0 Å². The number of benzene rings is 2. The van der Waals surface area contributed by atoms with Gasteiger partial charge in [0.2, 0.25) is 0 Å². The van der Waals surface area contributed by atoms with E-state index in [9.17, 15) is 9.59 Å². The highest BCUT2D eigenvalue weighted by molar-refractivity contribution is 5.88. The first kappa shape index (κ1) is 23.7. The smallest absolute Gasteiger partial charge is 0.316 e. The van der Waals surface area contributed by atoms with Gasteiger partial charge in [-0.1, -0.05) is 97.1 Å². The lowest BCUT2D eigenvalue weighted by Gasteiger charge is -2.21. The Labute approximate surface area is 202 Å². The lowest BCUT2D eigenvalue weighted by atomic mass is 9.84. The maximum atomic E-state index is 12.2.